The van der Waals surface area contributed by atoms with Gasteiger partial charge in [0.15, 0.2) is 0 Å². The molecule has 0 spiro atoms. The molecule has 1 aliphatic rings. The fourth-order valence-electron chi connectivity index (χ4n) is 4.60. The van der Waals surface area contributed by atoms with Crippen LogP contribution in [0.15, 0.2) is 58.8 Å². The molecule has 0 saturated heterocycles. The van der Waals surface area contributed by atoms with Crippen LogP contribution in [0, 0.1) is 18.8 Å². The van der Waals surface area contributed by atoms with E-state index < -0.39 is 41.6 Å². The number of carbonyl (C=O) groups excluding carboxylic acids is 6. The fraction of sp³-hybridized carbons (Fsp3) is 0.438. The maximum Gasteiger partial charge on any atom is 0.321 e. The summed E-state index contributed by atoms with van der Waals surface area (Å²) in [5, 5.41) is 14.2. The van der Waals surface area contributed by atoms with Crippen molar-refractivity contribution < 1.29 is 33.5 Å². The zero-order chi connectivity index (χ0) is 32.9. The molecule has 1 heterocycles. The molecule has 5 N–H and O–H groups in total. The Labute approximate surface area is 261 Å². The third-order valence-corrected chi connectivity index (χ3v) is 7.28. The average molecular weight is 621 g/mol. The van der Waals surface area contributed by atoms with E-state index in [1.807, 2.05) is 19.1 Å². The van der Waals surface area contributed by atoms with E-state index in [1.165, 1.54) is 0 Å². The lowest BCUT2D eigenvalue weighted by Gasteiger charge is -2.19. The Balaban J connectivity index is 1.34. The molecule has 13 heteroatoms. The van der Waals surface area contributed by atoms with Crippen molar-refractivity contribution in [3.05, 3.63) is 65.2 Å². The van der Waals surface area contributed by atoms with Gasteiger partial charge in [-0.15, -0.1) is 10.2 Å². The van der Waals surface area contributed by atoms with E-state index in [-0.39, 0.29) is 50.2 Å². The first kappa shape index (κ1) is 34.9. The minimum Gasteiger partial charge on any atom is -0.376 e. The molecular formula is C32H40N6O7. The molecule has 3 rings (SSSR count). The quantitative estimate of drug-likeness (QED) is 0.162. The molecule has 0 radical (unpaired) electrons. The molecule has 0 bridgehead atoms. The highest BCUT2D eigenvalue weighted by atomic mass is 16.5. The first-order valence-corrected chi connectivity index (χ1v) is 14.8. The minimum atomic E-state index is -1.03. The van der Waals surface area contributed by atoms with Crippen LogP contribution in [0.4, 0.5) is 10.5 Å². The smallest absolute Gasteiger partial charge is 0.321 e. The second-order valence-corrected chi connectivity index (χ2v) is 11.3. The fourth-order valence-corrected chi connectivity index (χ4v) is 4.60. The Morgan fingerprint density at radius 2 is 1.67 bits per heavy atom. The van der Waals surface area contributed by atoms with E-state index in [4.69, 9.17) is 10.5 Å². The van der Waals surface area contributed by atoms with E-state index in [9.17, 15) is 28.8 Å². The topological polar surface area (TPSA) is 198 Å². The summed E-state index contributed by atoms with van der Waals surface area (Å²) in [6, 6.07) is 12.7. The predicted molar refractivity (Wildman–Crippen MR) is 165 cm³/mol. The first-order chi connectivity index (χ1) is 21.4. The molecule has 0 aliphatic carbocycles. The molecule has 1 unspecified atom stereocenters. The van der Waals surface area contributed by atoms with Gasteiger partial charge in [0, 0.05) is 31.0 Å². The molecular weight excluding hydrogens is 580 g/mol. The van der Waals surface area contributed by atoms with E-state index in [1.54, 1.807) is 50.2 Å². The van der Waals surface area contributed by atoms with Crippen LogP contribution in [-0.2, 0) is 35.3 Å². The van der Waals surface area contributed by atoms with Crippen molar-refractivity contribution in [1.29, 1.82) is 0 Å². The number of aryl methyl sites for hydroxylation is 1. The third-order valence-electron chi connectivity index (χ3n) is 7.28. The summed E-state index contributed by atoms with van der Waals surface area (Å²) in [6.07, 6.45) is 0.759. The van der Waals surface area contributed by atoms with E-state index in [0.29, 0.717) is 29.7 Å². The molecule has 1 aliphatic heterocycles. The second kappa shape index (κ2) is 17.0. The summed E-state index contributed by atoms with van der Waals surface area (Å²) in [4.78, 5) is 73.6. The van der Waals surface area contributed by atoms with Crippen LogP contribution >= 0.6 is 0 Å². The molecule has 2 atom stereocenters. The Kier molecular flexibility index (Phi) is 13.2. The van der Waals surface area contributed by atoms with Crippen LogP contribution in [0.1, 0.15) is 62.1 Å². The largest absolute Gasteiger partial charge is 0.376 e. The van der Waals surface area contributed by atoms with Crippen LogP contribution < -0.4 is 21.7 Å². The van der Waals surface area contributed by atoms with Crippen molar-refractivity contribution in [3.63, 3.8) is 0 Å². The summed E-state index contributed by atoms with van der Waals surface area (Å²) in [7, 11) is 0. The number of azo groups is 1. The number of Topliss-reactive ketones (excluding diaryl/α,β-unsaturated/α-hetero) is 1. The highest BCUT2D eigenvalue weighted by Crippen LogP contribution is 2.25. The van der Waals surface area contributed by atoms with Gasteiger partial charge in [-0.05, 0) is 48.9 Å². The van der Waals surface area contributed by atoms with Crippen molar-refractivity contribution in [2.24, 2.45) is 27.8 Å². The molecule has 240 valence electrons. The maximum absolute atomic E-state index is 12.8. The number of ketones is 1. The van der Waals surface area contributed by atoms with Crippen LogP contribution in [0.2, 0.25) is 0 Å². The monoisotopic (exact) mass is 620 g/mol. The SMILES string of the molecule is Cc1ccc(NC(=O)C(N)CCCNC(=O)NC(=O)[C@@H](CC(=O)CCOCc2cccc(C3C(=O)N=NC3=O)c2)C(C)C)cc1. The zero-order valence-electron chi connectivity index (χ0n) is 25.7. The number of benzene rings is 2. The normalized spacial score (nSPS) is 14.3. The number of ether oxygens (including phenoxy) is 1. The van der Waals surface area contributed by atoms with Gasteiger partial charge in [-0.1, -0.05) is 55.8 Å². The summed E-state index contributed by atoms with van der Waals surface area (Å²) in [6.45, 7) is 6.00. The number of nitrogens with one attached hydrogen (secondary N) is 3. The molecule has 45 heavy (non-hydrogen) atoms. The van der Waals surface area contributed by atoms with Gasteiger partial charge in [0.05, 0.1) is 19.3 Å². The standard InChI is InChI=1S/C32H40N6O7/c1-19(2)25(17-24(39)13-15-45-18-21-6-4-7-22(16-21)27-30(42)37-38-31(27)43)28(40)36-32(44)34-14-5-8-26(33)29(41)35-23-11-9-20(3)10-12-23/h4,6-7,9-12,16,19,25-27H,5,8,13-15,17-18,33H2,1-3H3,(H,35,41)(H2,34,36,40,44)/t25-,26?/m0/s1. The first-order valence-electron chi connectivity index (χ1n) is 14.8. The lowest BCUT2D eigenvalue weighted by atomic mass is 9.89. The van der Waals surface area contributed by atoms with Gasteiger partial charge in [0.2, 0.25) is 11.8 Å². The molecule has 13 nitrogen and oxygen atoms in total. The number of amides is 6. The lowest BCUT2D eigenvalue weighted by Crippen LogP contribution is -2.44. The van der Waals surface area contributed by atoms with Gasteiger partial charge >= 0.3 is 6.03 Å². The average Bonchev–Trinajstić information content (AvgIpc) is 3.34. The van der Waals surface area contributed by atoms with Gasteiger partial charge in [-0.3, -0.25) is 29.3 Å². The number of hydrogen-bond acceptors (Lipinski definition) is 8. The van der Waals surface area contributed by atoms with Crippen LogP contribution in [0.5, 0.6) is 0 Å². The molecule has 0 aromatic heterocycles. The summed E-state index contributed by atoms with van der Waals surface area (Å²) in [5.41, 5.74) is 8.87. The van der Waals surface area contributed by atoms with Gasteiger partial charge in [-0.25, -0.2) is 4.79 Å². The van der Waals surface area contributed by atoms with Gasteiger partial charge in [0.1, 0.15) is 11.7 Å². The lowest BCUT2D eigenvalue weighted by molar-refractivity contribution is -0.130. The second-order valence-electron chi connectivity index (χ2n) is 11.3. The number of urea groups is 1. The minimum absolute atomic E-state index is 0.0561. The number of nitrogens with zero attached hydrogens (tertiary/aromatic N) is 2. The Morgan fingerprint density at radius 1 is 0.978 bits per heavy atom. The van der Waals surface area contributed by atoms with Crippen molar-refractivity contribution in [2.75, 3.05) is 18.5 Å². The van der Waals surface area contributed by atoms with Crippen molar-refractivity contribution >= 4 is 41.1 Å². The highest BCUT2D eigenvalue weighted by Gasteiger charge is 2.33. The van der Waals surface area contributed by atoms with E-state index >= 15 is 0 Å². The molecule has 0 saturated carbocycles. The Hall–Kier alpha value is -4.62. The summed E-state index contributed by atoms with van der Waals surface area (Å²) in [5.74, 6) is -4.24. The van der Waals surface area contributed by atoms with Gasteiger partial charge in [0.25, 0.3) is 11.8 Å². The predicted octanol–water partition coefficient (Wildman–Crippen LogP) is 3.31. The van der Waals surface area contributed by atoms with Crippen molar-refractivity contribution in [2.45, 2.75) is 65.0 Å². The van der Waals surface area contributed by atoms with Crippen LogP contribution in [0.25, 0.3) is 0 Å². The van der Waals surface area contributed by atoms with Crippen molar-refractivity contribution in [3.8, 4) is 0 Å². The van der Waals surface area contributed by atoms with E-state index in [2.05, 4.69) is 26.2 Å². The number of hydrogen-bond donors (Lipinski definition) is 4. The van der Waals surface area contributed by atoms with E-state index in [0.717, 1.165) is 5.56 Å². The van der Waals surface area contributed by atoms with Crippen LogP contribution in [-0.4, -0.2) is 54.6 Å². The van der Waals surface area contributed by atoms with Gasteiger partial charge < -0.3 is 21.1 Å². The molecule has 6 amide bonds. The Bertz CT molecular complexity index is 1410. The number of imide groups is 1. The number of nitrogens with two attached hydrogens (primary N) is 1. The zero-order valence-corrected chi connectivity index (χ0v) is 25.7. The van der Waals surface area contributed by atoms with Crippen LogP contribution in [0.3, 0.4) is 0 Å². The maximum atomic E-state index is 12.8. The number of carbonyl (C=O) groups is 6. The summed E-state index contributed by atoms with van der Waals surface area (Å²) >= 11 is 0. The Morgan fingerprint density at radius 3 is 2.33 bits per heavy atom. The molecule has 2 aromatic carbocycles. The molecule has 0 fully saturated rings. The summed E-state index contributed by atoms with van der Waals surface area (Å²) < 4.78 is 5.61. The number of rotatable bonds is 16. The highest BCUT2D eigenvalue weighted by molar-refractivity contribution is 6.10. The third kappa shape index (κ3) is 11.1. The number of anilines is 1. The van der Waals surface area contributed by atoms with Gasteiger partial charge in [-0.2, -0.15) is 0 Å². The van der Waals surface area contributed by atoms with Crippen molar-refractivity contribution in [1.82, 2.24) is 10.6 Å². The molecule has 2 aromatic rings.